The van der Waals surface area contributed by atoms with Gasteiger partial charge in [-0.3, -0.25) is 0 Å². The Labute approximate surface area is 93.5 Å². The molecule has 1 atom stereocenters. The lowest BCUT2D eigenvalue weighted by atomic mass is 9.66. The second-order valence-corrected chi connectivity index (χ2v) is 4.57. The summed E-state index contributed by atoms with van der Waals surface area (Å²) in [6.45, 7) is 20.1. The second-order valence-electron chi connectivity index (χ2n) is 4.57. The molecule has 0 bridgehead atoms. The van der Waals surface area contributed by atoms with Gasteiger partial charge in [-0.05, 0) is 25.8 Å². The number of nitrogens with zero attached hydrogens (tertiary/aromatic N) is 1. The van der Waals surface area contributed by atoms with Crippen molar-refractivity contribution < 1.29 is 4.58 Å². The minimum Gasteiger partial charge on any atom is -0.239 e. The van der Waals surface area contributed by atoms with Gasteiger partial charge in [-0.25, -0.2) is 4.58 Å². The van der Waals surface area contributed by atoms with Crippen molar-refractivity contribution in [1.82, 2.24) is 0 Å². The number of hydrogen-bond acceptors (Lipinski definition) is 1. The van der Waals surface area contributed by atoms with Gasteiger partial charge in [0.15, 0.2) is 0 Å². The molecule has 2 heteroatoms. The van der Waals surface area contributed by atoms with E-state index in [1.54, 1.807) is 10.7 Å². The maximum absolute atomic E-state index is 7.30. The van der Waals surface area contributed by atoms with E-state index in [-0.39, 0.29) is 11.0 Å². The van der Waals surface area contributed by atoms with Crippen molar-refractivity contribution in [3.8, 4) is 0 Å². The molecule has 0 aromatic heterocycles. The van der Waals surface area contributed by atoms with Crippen LogP contribution in [0.4, 0.5) is 0 Å². The molecule has 0 spiro atoms. The third-order valence-electron chi connectivity index (χ3n) is 3.89. The predicted octanol–water partition coefficient (Wildman–Crippen LogP) is 3.24. The summed E-state index contributed by atoms with van der Waals surface area (Å²) < 4.78 is 1.67. The minimum absolute atomic E-state index is 0.131. The summed E-state index contributed by atoms with van der Waals surface area (Å²) in [5.41, 5.74) is 0.605. The summed E-state index contributed by atoms with van der Waals surface area (Å²) in [5, 5.41) is 7.30. The predicted molar refractivity (Wildman–Crippen MR) is 68.0 cm³/mol. The molecular weight excluding hydrogens is 184 g/mol. The zero-order chi connectivity index (χ0) is 12.3. The Hall–Kier alpha value is -1.18. The lowest BCUT2D eigenvalue weighted by molar-refractivity contribution is -0.504. The summed E-state index contributed by atoms with van der Waals surface area (Å²) >= 11 is 0. The van der Waals surface area contributed by atoms with Crippen LogP contribution in [0.1, 0.15) is 34.1 Å². The fourth-order valence-corrected chi connectivity index (χ4v) is 1.76. The molecule has 0 aliphatic heterocycles. The van der Waals surface area contributed by atoms with E-state index in [1.165, 1.54) is 6.34 Å². The van der Waals surface area contributed by atoms with Gasteiger partial charge in [0, 0.05) is 5.41 Å². The second kappa shape index (κ2) is 4.56. The van der Waals surface area contributed by atoms with Gasteiger partial charge in [-0.15, -0.1) is 5.41 Å². The molecule has 15 heavy (non-hydrogen) atoms. The molecule has 0 rings (SSSR count). The molecule has 0 aliphatic carbocycles. The summed E-state index contributed by atoms with van der Waals surface area (Å²) in [7, 11) is 0. The standard InChI is InChI=1S/C13H23N2/c1-8-11(3)13(6,9-2)12(4,5)15(7)10-14/h8,10,14H,1,3,7,9H2,2,4-6H3/q+1. The quantitative estimate of drug-likeness (QED) is 0.300. The van der Waals surface area contributed by atoms with Gasteiger partial charge in [0.1, 0.15) is 5.54 Å². The molecule has 0 aliphatic rings. The average molecular weight is 207 g/mol. The molecular formula is C13H23N2+. The molecule has 0 saturated carbocycles. The van der Waals surface area contributed by atoms with Crippen LogP contribution in [0.5, 0.6) is 0 Å². The molecule has 1 N–H and O–H groups in total. The molecule has 0 heterocycles. The Morgan fingerprint density at radius 3 is 2.13 bits per heavy atom. The maximum Gasteiger partial charge on any atom is 0.277 e. The van der Waals surface area contributed by atoms with Crippen molar-refractivity contribution in [3.05, 3.63) is 24.8 Å². The van der Waals surface area contributed by atoms with Gasteiger partial charge >= 0.3 is 0 Å². The first-order valence-corrected chi connectivity index (χ1v) is 5.20. The molecule has 0 saturated heterocycles. The highest BCUT2D eigenvalue weighted by Crippen LogP contribution is 2.42. The van der Waals surface area contributed by atoms with E-state index in [2.05, 4.69) is 47.6 Å². The van der Waals surface area contributed by atoms with Crippen molar-refractivity contribution in [2.45, 2.75) is 39.7 Å². The van der Waals surface area contributed by atoms with Crippen LogP contribution in [-0.2, 0) is 0 Å². The zero-order valence-electron chi connectivity index (χ0n) is 10.4. The van der Waals surface area contributed by atoms with Crippen LogP contribution in [0.3, 0.4) is 0 Å². The normalized spacial score (nSPS) is 15.2. The fourth-order valence-electron chi connectivity index (χ4n) is 1.76. The van der Waals surface area contributed by atoms with Gasteiger partial charge in [-0.1, -0.05) is 33.1 Å². The van der Waals surface area contributed by atoms with E-state index in [4.69, 9.17) is 5.41 Å². The number of rotatable bonds is 6. The maximum atomic E-state index is 7.30. The van der Waals surface area contributed by atoms with Gasteiger partial charge in [-0.2, -0.15) is 0 Å². The molecule has 0 aromatic rings. The van der Waals surface area contributed by atoms with Gasteiger partial charge < -0.3 is 0 Å². The van der Waals surface area contributed by atoms with E-state index < -0.39 is 0 Å². The summed E-state index contributed by atoms with van der Waals surface area (Å²) in [5.74, 6) is 0. The minimum atomic E-state index is -0.255. The third-order valence-corrected chi connectivity index (χ3v) is 3.89. The van der Waals surface area contributed by atoms with Crippen LogP contribution >= 0.6 is 0 Å². The summed E-state index contributed by atoms with van der Waals surface area (Å²) in [6, 6.07) is 0. The molecule has 0 fully saturated rings. The first-order chi connectivity index (χ1) is 6.77. The van der Waals surface area contributed by atoms with E-state index in [1.807, 2.05) is 0 Å². The highest BCUT2D eigenvalue weighted by molar-refractivity contribution is 5.45. The van der Waals surface area contributed by atoms with Crippen molar-refractivity contribution in [1.29, 1.82) is 5.41 Å². The molecule has 84 valence electrons. The number of hydrogen-bond donors (Lipinski definition) is 1. The highest BCUT2D eigenvalue weighted by atomic mass is 15.1. The highest BCUT2D eigenvalue weighted by Gasteiger charge is 2.45. The zero-order valence-corrected chi connectivity index (χ0v) is 10.4. The lowest BCUT2D eigenvalue weighted by Gasteiger charge is -2.42. The number of nitrogens with one attached hydrogen (secondary N) is 1. The number of allylic oxidation sites excluding steroid dienone is 1. The smallest absolute Gasteiger partial charge is 0.239 e. The first-order valence-electron chi connectivity index (χ1n) is 5.20. The topological polar surface area (TPSA) is 26.9 Å². The van der Waals surface area contributed by atoms with E-state index in [0.717, 1.165) is 12.0 Å². The summed E-state index contributed by atoms with van der Waals surface area (Å²) in [4.78, 5) is 0. The largest absolute Gasteiger partial charge is 0.277 e. The fraction of sp³-hybridized carbons (Fsp3) is 0.538. The Morgan fingerprint density at radius 1 is 1.40 bits per heavy atom. The molecule has 0 radical (unpaired) electrons. The van der Waals surface area contributed by atoms with E-state index in [9.17, 15) is 0 Å². The summed E-state index contributed by atoms with van der Waals surface area (Å²) in [6.07, 6.45) is 3.98. The van der Waals surface area contributed by atoms with Crippen LogP contribution in [0.25, 0.3) is 0 Å². The molecule has 1 unspecified atom stereocenters. The van der Waals surface area contributed by atoms with Crippen LogP contribution in [0.2, 0.25) is 0 Å². The Morgan fingerprint density at radius 2 is 1.87 bits per heavy atom. The van der Waals surface area contributed by atoms with Gasteiger partial charge in [0.25, 0.3) is 6.34 Å². The third kappa shape index (κ3) is 2.09. The van der Waals surface area contributed by atoms with Crippen LogP contribution in [0, 0.1) is 10.8 Å². The van der Waals surface area contributed by atoms with Crippen molar-refractivity contribution >= 4 is 13.1 Å². The van der Waals surface area contributed by atoms with Crippen molar-refractivity contribution in [2.24, 2.45) is 5.41 Å². The molecule has 0 amide bonds. The van der Waals surface area contributed by atoms with Crippen molar-refractivity contribution in [2.75, 3.05) is 0 Å². The van der Waals surface area contributed by atoms with Crippen LogP contribution < -0.4 is 0 Å². The Kier molecular flexibility index (Phi) is 4.20. The van der Waals surface area contributed by atoms with Gasteiger partial charge in [0.2, 0.25) is 0 Å². The van der Waals surface area contributed by atoms with Gasteiger partial charge in [0.05, 0.1) is 6.72 Å². The SMILES string of the molecule is C=CC(=C)C(C)(CC)C(C)(C)[N+](=C)C=N. The Bertz CT molecular complexity index is 300. The average Bonchev–Trinajstić information content (AvgIpc) is 2.24. The van der Waals surface area contributed by atoms with E-state index in [0.29, 0.717) is 0 Å². The van der Waals surface area contributed by atoms with Crippen LogP contribution in [0.15, 0.2) is 24.8 Å². The Balaban J connectivity index is 5.45. The molecule has 2 nitrogen and oxygen atoms in total. The van der Waals surface area contributed by atoms with Crippen LogP contribution in [-0.4, -0.2) is 23.2 Å². The molecule has 0 aromatic carbocycles. The monoisotopic (exact) mass is 207 g/mol. The first kappa shape index (κ1) is 13.8. The van der Waals surface area contributed by atoms with Crippen molar-refractivity contribution in [3.63, 3.8) is 0 Å². The lowest BCUT2D eigenvalue weighted by Crippen LogP contribution is -2.50. The van der Waals surface area contributed by atoms with E-state index >= 15 is 0 Å².